The number of alkyl halides is 3. The van der Waals surface area contributed by atoms with Gasteiger partial charge in [0.2, 0.25) is 6.29 Å². The van der Waals surface area contributed by atoms with E-state index >= 15 is 0 Å². The first-order valence-electron chi connectivity index (χ1n) is 11.4. The van der Waals surface area contributed by atoms with E-state index in [1.165, 1.54) is 18.2 Å². The molecule has 10 nitrogen and oxygen atoms in total. The van der Waals surface area contributed by atoms with Gasteiger partial charge in [0.1, 0.15) is 17.3 Å². The van der Waals surface area contributed by atoms with E-state index < -0.39 is 30.1 Å². The summed E-state index contributed by atoms with van der Waals surface area (Å²) in [5.74, 6) is -3.65. The lowest BCUT2D eigenvalue weighted by atomic mass is 10.0. The minimum Gasteiger partial charge on any atom is -0.475 e. The highest BCUT2D eigenvalue weighted by Crippen LogP contribution is 2.42. The number of rotatable bonds is 3. The molecule has 0 saturated carbocycles. The fourth-order valence-electron chi connectivity index (χ4n) is 4.23. The molecule has 1 aromatic carbocycles. The molecule has 1 saturated heterocycles. The highest BCUT2D eigenvalue weighted by atomic mass is 19.4. The summed E-state index contributed by atoms with van der Waals surface area (Å²) in [7, 11) is 0. The van der Waals surface area contributed by atoms with Gasteiger partial charge in [0.15, 0.2) is 5.82 Å². The van der Waals surface area contributed by atoms with Crippen molar-refractivity contribution in [3.8, 4) is 0 Å². The van der Waals surface area contributed by atoms with Gasteiger partial charge < -0.3 is 15.7 Å². The third kappa shape index (κ3) is 5.43. The SMILES string of the molecule is NC1CCCN(c2ccncc2N2C(c3c(F)cccc3F)=CC=C3N=NC(N)N32)C1.O=C(O)C(F)(F)F. The van der Waals surface area contributed by atoms with Gasteiger partial charge in [0.25, 0.3) is 0 Å². The number of carboxylic acid groups (broad SMARTS) is 1. The number of carbonyl (C=O) groups is 1. The summed E-state index contributed by atoms with van der Waals surface area (Å²) in [5.41, 5.74) is 14.0. The van der Waals surface area contributed by atoms with Gasteiger partial charge in [-0.2, -0.15) is 13.2 Å². The molecule has 1 aromatic heterocycles. The number of piperidine rings is 1. The molecular weight excluding hydrogens is 515 g/mol. The lowest BCUT2D eigenvalue weighted by Gasteiger charge is -2.42. The van der Waals surface area contributed by atoms with Crippen LogP contribution in [-0.4, -0.2) is 52.7 Å². The predicted octanol–water partition coefficient (Wildman–Crippen LogP) is 3.55. The maximum Gasteiger partial charge on any atom is 0.490 e. The van der Waals surface area contributed by atoms with Crippen LogP contribution in [0, 0.1) is 11.6 Å². The van der Waals surface area contributed by atoms with Crippen LogP contribution in [0.15, 0.2) is 64.9 Å². The highest BCUT2D eigenvalue weighted by Gasteiger charge is 2.39. The zero-order chi connectivity index (χ0) is 27.6. The van der Waals surface area contributed by atoms with Gasteiger partial charge in [0, 0.05) is 25.3 Å². The molecule has 0 aliphatic carbocycles. The maximum absolute atomic E-state index is 14.8. The van der Waals surface area contributed by atoms with Crippen molar-refractivity contribution in [1.29, 1.82) is 0 Å². The maximum atomic E-state index is 14.8. The second kappa shape index (κ2) is 10.7. The number of benzene rings is 1. The Kier molecular flexibility index (Phi) is 7.59. The van der Waals surface area contributed by atoms with Crippen LogP contribution in [-0.2, 0) is 4.79 Å². The molecule has 1 fully saturated rings. The van der Waals surface area contributed by atoms with Crippen LogP contribution in [0.25, 0.3) is 5.70 Å². The summed E-state index contributed by atoms with van der Waals surface area (Å²) in [6, 6.07) is 5.70. The standard InChI is InChI=1S/C21H22F2N8.C2HF3O2/c22-14-4-1-5-15(23)20(14)17-6-7-19-27-28-21(25)31(19)30(17)18-11-26-9-8-16(18)29-10-2-3-13(24)12-29;3-2(4,5)1(6)7/h1,4-9,11,13,21H,2-3,10,12,24-25H2;(H,6,7). The van der Waals surface area contributed by atoms with Crippen LogP contribution in [0.4, 0.5) is 33.3 Å². The van der Waals surface area contributed by atoms with Crippen molar-refractivity contribution in [3.05, 3.63) is 71.8 Å². The van der Waals surface area contributed by atoms with Gasteiger partial charge in [-0.25, -0.2) is 23.6 Å². The molecule has 5 N–H and O–H groups in total. The van der Waals surface area contributed by atoms with Gasteiger partial charge in [-0.1, -0.05) is 6.07 Å². The molecule has 5 rings (SSSR count). The Hall–Kier alpha value is -4.11. The number of carboxylic acids is 1. The second-order valence-corrected chi connectivity index (χ2v) is 8.47. The Bertz CT molecular complexity index is 1280. The van der Waals surface area contributed by atoms with Gasteiger partial charge >= 0.3 is 12.1 Å². The van der Waals surface area contributed by atoms with Crippen molar-refractivity contribution >= 4 is 23.0 Å². The van der Waals surface area contributed by atoms with Crippen LogP contribution in [0.3, 0.4) is 0 Å². The molecule has 3 aliphatic rings. The quantitative estimate of drug-likeness (QED) is 0.505. The van der Waals surface area contributed by atoms with Crippen molar-refractivity contribution < 1.29 is 31.9 Å². The third-order valence-corrected chi connectivity index (χ3v) is 5.86. The largest absolute Gasteiger partial charge is 0.490 e. The lowest BCUT2D eigenvalue weighted by molar-refractivity contribution is -0.192. The third-order valence-electron chi connectivity index (χ3n) is 5.86. The van der Waals surface area contributed by atoms with E-state index in [9.17, 15) is 22.0 Å². The molecule has 0 spiro atoms. The Morgan fingerprint density at radius 2 is 1.76 bits per heavy atom. The summed E-state index contributed by atoms with van der Waals surface area (Å²) >= 11 is 0. The first-order valence-corrected chi connectivity index (χ1v) is 11.4. The van der Waals surface area contributed by atoms with Gasteiger partial charge in [-0.3, -0.25) is 10.7 Å². The van der Waals surface area contributed by atoms with Gasteiger partial charge in [0.05, 0.1) is 23.1 Å². The number of hydrogen-bond donors (Lipinski definition) is 3. The molecule has 3 aliphatic heterocycles. The molecule has 0 amide bonds. The van der Waals surface area contributed by atoms with Crippen molar-refractivity contribution in [2.75, 3.05) is 23.0 Å². The van der Waals surface area contributed by atoms with E-state index in [1.54, 1.807) is 34.6 Å². The number of pyridine rings is 1. The Morgan fingerprint density at radius 3 is 2.39 bits per heavy atom. The number of hydrogen-bond acceptors (Lipinski definition) is 9. The minimum atomic E-state index is -5.08. The average Bonchev–Trinajstić information content (AvgIpc) is 3.24. The van der Waals surface area contributed by atoms with Gasteiger partial charge in [-0.05, 0) is 43.2 Å². The van der Waals surface area contributed by atoms with E-state index in [4.69, 9.17) is 21.4 Å². The first-order chi connectivity index (χ1) is 18.0. The summed E-state index contributed by atoms with van der Waals surface area (Å²) in [4.78, 5) is 15.3. The monoisotopic (exact) mass is 538 g/mol. The molecule has 2 atom stereocenters. The molecule has 38 heavy (non-hydrogen) atoms. The zero-order valence-electron chi connectivity index (χ0n) is 19.7. The van der Waals surface area contributed by atoms with Crippen LogP contribution in [0.5, 0.6) is 0 Å². The fourth-order valence-corrected chi connectivity index (χ4v) is 4.23. The van der Waals surface area contributed by atoms with E-state index in [0.717, 1.165) is 25.1 Å². The Labute approximate surface area is 213 Å². The Balaban J connectivity index is 0.000000426. The van der Waals surface area contributed by atoms with Crippen molar-refractivity contribution in [2.45, 2.75) is 31.3 Å². The zero-order valence-corrected chi connectivity index (χ0v) is 19.7. The summed E-state index contributed by atoms with van der Waals surface area (Å²) in [5, 5.41) is 18.5. The molecule has 2 unspecified atom stereocenters. The number of aliphatic carboxylic acids is 1. The molecule has 4 heterocycles. The fraction of sp³-hybridized carbons (Fsp3) is 0.304. The van der Waals surface area contributed by atoms with Crippen LogP contribution in [0.2, 0.25) is 0 Å². The number of aromatic nitrogens is 1. The molecule has 0 bridgehead atoms. The highest BCUT2D eigenvalue weighted by molar-refractivity contribution is 5.86. The summed E-state index contributed by atoms with van der Waals surface area (Å²) < 4.78 is 61.3. The summed E-state index contributed by atoms with van der Waals surface area (Å²) in [6.07, 6.45) is 2.56. The normalized spacial score (nSPS) is 20.9. The Morgan fingerprint density at radius 1 is 1.08 bits per heavy atom. The first kappa shape index (κ1) is 26.9. The number of hydrazine groups is 1. The second-order valence-electron chi connectivity index (χ2n) is 8.47. The molecule has 202 valence electrons. The van der Waals surface area contributed by atoms with Crippen molar-refractivity contribution in [2.24, 2.45) is 21.7 Å². The lowest BCUT2D eigenvalue weighted by Crippen LogP contribution is -2.50. The molecular formula is C23H23F5N8O2. The van der Waals surface area contributed by atoms with Crippen LogP contribution in [0.1, 0.15) is 18.4 Å². The number of nitrogens with zero attached hydrogens (tertiary/aromatic N) is 6. The topological polar surface area (TPSA) is 137 Å². The van der Waals surface area contributed by atoms with E-state index in [-0.39, 0.29) is 17.3 Å². The van der Waals surface area contributed by atoms with Crippen molar-refractivity contribution in [1.82, 2.24) is 9.99 Å². The number of halogens is 5. The average molecular weight is 538 g/mol. The van der Waals surface area contributed by atoms with E-state index in [1.807, 2.05) is 6.07 Å². The summed E-state index contributed by atoms with van der Waals surface area (Å²) in [6.45, 7) is 1.48. The number of allylic oxidation sites excluding steroid dienone is 2. The minimum absolute atomic E-state index is 0.0460. The number of fused-ring (bicyclic) bond motifs is 1. The number of anilines is 2. The van der Waals surface area contributed by atoms with Crippen LogP contribution < -0.4 is 21.4 Å². The molecule has 2 aromatic rings. The number of azo groups is 1. The molecule has 0 radical (unpaired) electrons. The van der Waals surface area contributed by atoms with E-state index in [0.29, 0.717) is 18.1 Å². The van der Waals surface area contributed by atoms with Crippen LogP contribution >= 0.6 is 0 Å². The number of nitrogens with two attached hydrogens (primary N) is 2. The molecule has 15 heteroatoms. The smallest absolute Gasteiger partial charge is 0.475 e. The predicted molar refractivity (Wildman–Crippen MR) is 127 cm³/mol. The van der Waals surface area contributed by atoms with Crippen molar-refractivity contribution in [3.63, 3.8) is 0 Å². The van der Waals surface area contributed by atoms with Gasteiger partial charge in [-0.15, -0.1) is 10.2 Å². The van der Waals surface area contributed by atoms with E-state index in [2.05, 4.69) is 20.1 Å².